The number of carbonyl (C=O) groups excluding carboxylic acids is 1. The summed E-state index contributed by atoms with van der Waals surface area (Å²) in [6.45, 7) is 5.20. The van der Waals surface area contributed by atoms with Gasteiger partial charge in [0.05, 0.1) is 27.4 Å². The third kappa shape index (κ3) is 5.84. The molecule has 1 fully saturated rings. The molecule has 2 rings (SSSR count). The number of ether oxygens (including phenoxy) is 3. The standard InChI is InChI=1S/C17H25N3O4S/c1-22-13-5-3-6-14(23-2)15(13)16(21)19-17(25)18-7-4-8-20-9-11-24-12-10-20/h3,5-6H,4,7-12H2,1-2H3,(H2,18,19,21,25). The van der Waals surface area contributed by atoms with E-state index in [2.05, 4.69) is 15.5 Å². The summed E-state index contributed by atoms with van der Waals surface area (Å²) >= 11 is 5.20. The Labute approximate surface area is 153 Å². The van der Waals surface area contributed by atoms with Gasteiger partial charge in [0.1, 0.15) is 17.1 Å². The molecule has 8 heteroatoms. The summed E-state index contributed by atoms with van der Waals surface area (Å²) in [7, 11) is 3.02. The molecule has 0 aromatic heterocycles. The molecule has 1 aromatic carbocycles. The maximum atomic E-state index is 12.5. The van der Waals surface area contributed by atoms with E-state index >= 15 is 0 Å². The number of thiocarbonyl (C=S) groups is 1. The van der Waals surface area contributed by atoms with Gasteiger partial charge in [-0.2, -0.15) is 0 Å². The molecule has 0 aliphatic carbocycles. The molecule has 0 saturated carbocycles. The predicted molar refractivity (Wildman–Crippen MR) is 99.5 cm³/mol. The quantitative estimate of drug-likeness (QED) is 0.551. The minimum Gasteiger partial charge on any atom is -0.496 e. The van der Waals surface area contributed by atoms with Crippen LogP contribution in [0.15, 0.2) is 18.2 Å². The van der Waals surface area contributed by atoms with Crippen LogP contribution in [0, 0.1) is 0 Å². The number of carbonyl (C=O) groups is 1. The summed E-state index contributed by atoms with van der Waals surface area (Å²) in [5.41, 5.74) is 0.324. The molecular weight excluding hydrogens is 342 g/mol. The lowest BCUT2D eigenvalue weighted by molar-refractivity contribution is 0.0376. The predicted octanol–water partition coefficient (Wildman–Crippen LogP) is 1.03. The first kappa shape index (κ1) is 19.4. The third-order valence-corrected chi connectivity index (χ3v) is 4.17. The van der Waals surface area contributed by atoms with Gasteiger partial charge in [-0.15, -0.1) is 0 Å². The Balaban J connectivity index is 1.79. The van der Waals surface area contributed by atoms with Gasteiger partial charge in [0.2, 0.25) is 0 Å². The van der Waals surface area contributed by atoms with Crippen molar-refractivity contribution in [3.05, 3.63) is 23.8 Å². The van der Waals surface area contributed by atoms with Gasteiger partial charge in [-0.05, 0) is 37.3 Å². The number of benzene rings is 1. The van der Waals surface area contributed by atoms with Gasteiger partial charge in [0.25, 0.3) is 5.91 Å². The molecule has 2 N–H and O–H groups in total. The molecule has 1 aromatic rings. The minimum absolute atomic E-state index is 0.292. The second-order valence-corrected chi connectivity index (χ2v) is 5.96. The van der Waals surface area contributed by atoms with Crippen molar-refractivity contribution in [2.24, 2.45) is 0 Å². The summed E-state index contributed by atoms with van der Waals surface area (Å²) in [5.74, 6) is 0.513. The summed E-state index contributed by atoms with van der Waals surface area (Å²) in [6, 6.07) is 5.17. The van der Waals surface area contributed by atoms with Gasteiger partial charge in [-0.1, -0.05) is 6.07 Å². The highest BCUT2D eigenvalue weighted by molar-refractivity contribution is 7.80. The normalized spacial score (nSPS) is 14.6. The summed E-state index contributed by atoms with van der Waals surface area (Å²) in [5, 5.41) is 6.02. The van der Waals surface area contributed by atoms with Crippen LogP contribution in [0.1, 0.15) is 16.8 Å². The lowest BCUT2D eigenvalue weighted by Gasteiger charge is -2.26. The first-order valence-corrected chi connectivity index (χ1v) is 8.66. The van der Waals surface area contributed by atoms with E-state index in [1.807, 2.05) is 0 Å². The third-order valence-electron chi connectivity index (χ3n) is 3.92. The van der Waals surface area contributed by atoms with Gasteiger partial charge in [0, 0.05) is 19.6 Å². The molecule has 138 valence electrons. The second kappa shape index (κ2) is 10.2. The van der Waals surface area contributed by atoms with Crippen LogP contribution >= 0.6 is 12.2 Å². The number of rotatable bonds is 7. The maximum absolute atomic E-state index is 12.5. The van der Waals surface area contributed by atoms with Gasteiger partial charge >= 0.3 is 0 Å². The molecule has 1 heterocycles. The second-order valence-electron chi connectivity index (χ2n) is 5.56. The lowest BCUT2D eigenvalue weighted by atomic mass is 10.1. The van der Waals surface area contributed by atoms with Crippen LogP contribution in [0.25, 0.3) is 0 Å². The Hall–Kier alpha value is -1.90. The van der Waals surface area contributed by atoms with Crippen molar-refractivity contribution in [1.29, 1.82) is 0 Å². The van der Waals surface area contributed by atoms with E-state index in [0.717, 1.165) is 39.3 Å². The van der Waals surface area contributed by atoms with Gasteiger partial charge in [0.15, 0.2) is 5.11 Å². The van der Waals surface area contributed by atoms with Crippen LogP contribution in [-0.4, -0.2) is 69.5 Å². The summed E-state index contributed by atoms with van der Waals surface area (Å²) < 4.78 is 15.8. The van der Waals surface area contributed by atoms with E-state index in [4.69, 9.17) is 26.4 Å². The van der Waals surface area contributed by atoms with Crippen LogP contribution in [0.4, 0.5) is 0 Å². The summed E-state index contributed by atoms with van der Waals surface area (Å²) in [4.78, 5) is 14.8. The molecule has 1 saturated heterocycles. The van der Waals surface area contributed by atoms with Crippen LogP contribution in [-0.2, 0) is 4.74 Å². The van der Waals surface area contributed by atoms with E-state index in [0.29, 0.717) is 28.7 Å². The first-order chi connectivity index (χ1) is 12.2. The van der Waals surface area contributed by atoms with E-state index in [1.165, 1.54) is 14.2 Å². The molecule has 1 amide bonds. The monoisotopic (exact) mass is 367 g/mol. The fraction of sp³-hybridized carbons (Fsp3) is 0.529. The number of methoxy groups -OCH3 is 2. The molecule has 0 spiro atoms. The molecule has 0 atom stereocenters. The van der Waals surface area contributed by atoms with Crippen LogP contribution in [0.2, 0.25) is 0 Å². The van der Waals surface area contributed by atoms with E-state index < -0.39 is 0 Å². The fourth-order valence-corrected chi connectivity index (χ4v) is 2.81. The van der Waals surface area contributed by atoms with Crippen LogP contribution < -0.4 is 20.1 Å². The van der Waals surface area contributed by atoms with Crippen molar-refractivity contribution in [1.82, 2.24) is 15.5 Å². The Bertz CT molecular complexity index is 569. The van der Waals surface area contributed by atoms with E-state index in [1.54, 1.807) is 18.2 Å². The molecule has 25 heavy (non-hydrogen) atoms. The smallest absolute Gasteiger partial charge is 0.264 e. The van der Waals surface area contributed by atoms with Crippen molar-refractivity contribution < 1.29 is 19.0 Å². The number of hydrogen-bond donors (Lipinski definition) is 2. The van der Waals surface area contributed by atoms with Crippen LogP contribution in [0.5, 0.6) is 11.5 Å². The van der Waals surface area contributed by atoms with Crippen molar-refractivity contribution in [2.75, 3.05) is 53.6 Å². The molecular formula is C17H25N3O4S. The highest BCUT2D eigenvalue weighted by Crippen LogP contribution is 2.27. The Morgan fingerprint density at radius 1 is 1.24 bits per heavy atom. The first-order valence-electron chi connectivity index (χ1n) is 8.26. The van der Waals surface area contributed by atoms with Gasteiger partial charge in [-0.3, -0.25) is 15.0 Å². The summed E-state index contributed by atoms with van der Waals surface area (Å²) in [6.07, 6.45) is 0.938. The average molecular weight is 367 g/mol. The zero-order valence-corrected chi connectivity index (χ0v) is 15.5. The number of amides is 1. The van der Waals surface area contributed by atoms with Gasteiger partial charge < -0.3 is 19.5 Å². The topological polar surface area (TPSA) is 72.1 Å². The van der Waals surface area contributed by atoms with Crippen molar-refractivity contribution in [2.45, 2.75) is 6.42 Å². The number of hydrogen-bond acceptors (Lipinski definition) is 6. The highest BCUT2D eigenvalue weighted by atomic mass is 32.1. The minimum atomic E-state index is -0.361. The molecule has 1 aliphatic rings. The molecule has 1 aliphatic heterocycles. The van der Waals surface area contributed by atoms with E-state index in [9.17, 15) is 4.79 Å². The van der Waals surface area contributed by atoms with Crippen molar-refractivity contribution in [3.8, 4) is 11.5 Å². The maximum Gasteiger partial charge on any atom is 0.264 e. The number of morpholine rings is 1. The zero-order valence-electron chi connectivity index (χ0n) is 14.7. The largest absolute Gasteiger partial charge is 0.496 e. The average Bonchev–Trinajstić information content (AvgIpc) is 2.65. The fourth-order valence-electron chi connectivity index (χ4n) is 2.61. The van der Waals surface area contributed by atoms with E-state index in [-0.39, 0.29) is 5.91 Å². The van der Waals surface area contributed by atoms with Gasteiger partial charge in [-0.25, -0.2) is 0 Å². The van der Waals surface area contributed by atoms with Crippen LogP contribution in [0.3, 0.4) is 0 Å². The van der Waals surface area contributed by atoms with Crippen molar-refractivity contribution >= 4 is 23.2 Å². The Morgan fingerprint density at radius 3 is 2.48 bits per heavy atom. The Kier molecular flexibility index (Phi) is 7.90. The molecule has 0 unspecified atom stereocenters. The van der Waals surface area contributed by atoms with Crippen molar-refractivity contribution in [3.63, 3.8) is 0 Å². The number of nitrogens with zero attached hydrogens (tertiary/aromatic N) is 1. The SMILES string of the molecule is COc1cccc(OC)c1C(=O)NC(=S)NCCCN1CCOCC1. The lowest BCUT2D eigenvalue weighted by Crippen LogP contribution is -2.41. The highest BCUT2D eigenvalue weighted by Gasteiger charge is 2.19. The zero-order chi connectivity index (χ0) is 18.1. The molecule has 0 bridgehead atoms. The number of nitrogens with one attached hydrogen (secondary N) is 2. The Morgan fingerprint density at radius 2 is 1.88 bits per heavy atom. The molecule has 7 nitrogen and oxygen atoms in total. The molecule has 0 radical (unpaired) electrons.